The summed E-state index contributed by atoms with van der Waals surface area (Å²) in [6.45, 7) is 2.17. The maximum Gasteiger partial charge on any atom is 0.405 e. The fraction of sp³-hybridized carbons (Fsp3) is 0.917. The minimum atomic E-state index is -4.34. The van der Waals surface area contributed by atoms with Crippen LogP contribution in [0, 0.1) is 5.92 Å². The largest absolute Gasteiger partial charge is 0.405 e. The Morgan fingerprint density at radius 2 is 2.10 bits per heavy atom. The first-order valence-corrected chi connectivity index (χ1v) is 6.85. The third-order valence-corrected chi connectivity index (χ3v) is 3.74. The first-order chi connectivity index (χ1) is 9.48. The fourth-order valence-electron chi connectivity index (χ4n) is 2.53. The third kappa shape index (κ3) is 4.07. The predicted octanol–water partition coefficient (Wildman–Crippen LogP) is -0.0248. The molecule has 2 aliphatic heterocycles. The van der Waals surface area contributed by atoms with E-state index in [4.69, 9.17) is 4.74 Å². The van der Waals surface area contributed by atoms with Crippen molar-refractivity contribution in [3.8, 4) is 0 Å². The van der Waals surface area contributed by atoms with Gasteiger partial charge >= 0.3 is 6.18 Å². The molecule has 0 aromatic rings. The summed E-state index contributed by atoms with van der Waals surface area (Å²) in [5, 5.41) is 5.45. The minimum absolute atomic E-state index is 0.302. The van der Waals surface area contributed by atoms with Crippen LogP contribution in [0.1, 0.15) is 6.42 Å². The maximum atomic E-state index is 13.1. The molecular formula is C12H20F3N3O2. The van der Waals surface area contributed by atoms with E-state index in [-0.39, 0.29) is 11.8 Å². The van der Waals surface area contributed by atoms with Crippen molar-refractivity contribution in [1.29, 1.82) is 0 Å². The lowest BCUT2D eigenvalue weighted by Crippen LogP contribution is -2.57. The van der Waals surface area contributed by atoms with Crippen molar-refractivity contribution in [2.24, 2.45) is 5.92 Å². The van der Waals surface area contributed by atoms with Gasteiger partial charge in [-0.25, -0.2) is 0 Å². The average molecular weight is 295 g/mol. The van der Waals surface area contributed by atoms with Crippen molar-refractivity contribution < 1.29 is 22.7 Å². The van der Waals surface area contributed by atoms with Crippen LogP contribution in [0.2, 0.25) is 0 Å². The number of carbonyl (C=O) groups is 1. The summed E-state index contributed by atoms with van der Waals surface area (Å²) < 4.78 is 44.3. The van der Waals surface area contributed by atoms with E-state index in [1.807, 2.05) is 0 Å². The molecule has 2 unspecified atom stereocenters. The summed E-state index contributed by atoms with van der Waals surface area (Å²) in [6.07, 6.45) is -3.76. The molecule has 2 N–H and O–H groups in total. The van der Waals surface area contributed by atoms with Crippen molar-refractivity contribution in [2.45, 2.75) is 18.6 Å². The molecule has 5 nitrogen and oxygen atoms in total. The van der Waals surface area contributed by atoms with Gasteiger partial charge in [0.2, 0.25) is 5.91 Å². The van der Waals surface area contributed by atoms with E-state index in [0.29, 0.717) is 45.8 Å². The van der Waals surface area contributed by atoms with Gasteiger partial charge in [0.05, 0.1) is 12.5 Å². The Hall–Kier alpha value is -0.860. The highest BCUT2D eigenvalue weighted by atomic mass is 19.4. The smallest absolute Gasteiger partial charge is 0.381 e. The zero-order valence-electron chi connectivity index (χ0n) is 11.2. The molecule has 2 saturated heterocycles. The Labute approximate surface area is 115 Å². The molecule has 0 aromatic heterocycles. The number of ether oxygens (including phenoxy) is 1. The molecular weight excluding hydrogens is 275 g/mol. The number of nitrogens with zero attached hydrogens (tertiary/aromatic N) is 1. The number of hydrogen-bond donors (Lipinski definition) is 2. The van der Waals surface area contributed by atoms with E-state index < -0.39 is 18.8 Å². The summed E-state index contributed by atoms with van der Waals surface area (Å²) in [7, 11) is 0. The minimum Gasteiger partial charge on any atom is -0.381 e. The zero-order valence-corrected chi connectivity index (χ0v) is 11.2. The highest BCUT2D eigenvalue weighted by Gasteiger charge is 2.44. The van der Waals surface area contributed by atoms with Gasteiger partial charge in [-0.1, -0.05) is 0 Å². The molecule has 0 saturated carbocycles. The monoisotopic (exact) mass is 295 g/mol. The van der Waals surface area contributed by atoms with E-state index in [1.54, 1.807) is 0 Å². The van der Waals surface area contributed by atoms with E-state index in [0.717, 1.165) is 0 Å². The molecule has 0 radical (unpaired) electrons. The van der Waals surface area contributed by atoms with Gasteiger partial charge < -0.3 is 15.4 Å². The first kappa shape index (κ1) is 15.5. The van der Waals surface area contributed by atoms with E-state index >= 15 is 0 Å². The Bertz CT molecular complexity index is 326. The second-order valence-electron chi connectivity index (χ2n) is 5.15. The lowest BCUT2D eigenvalue weighted by atomic mass is 10.1. The van der Waals surface area contributed by atoms with Gasteiger partial charge in [-0.2, -0.15) is 13.2 Å². The number of alkyl halides is 3. The molecule has 2 atom stereocenters. The topological polar surface area (TPSA) is 53.6 Å². The Morgan fingerprint density at radius 1 is 1.40 bits per heavy atom. The Kier molecular flexibility index (Phi) is 5.22. The summed E-state index contributed by atoms with van der Waals surface area (Å²) in [6, 6.07) is -1.61. The molecule has 2 heterocycles. The lowest BCUT2D eigenvalue weighted by Gasteiger charge is -2.36. The van der Waals surface area contributed by atoms with Crippen molar-refractivity contribution in [2.75, 3.05) is 45.9 Å². The predicted molar refractivity (Wildman–Crippen MR) is 66.2 cm³/mol. The van der Waals surface area contributed by atoms with E-state index in [9.17, 15) is 18.0 Å². The number of hydrogen-bond acceptors (Lipinski definition) is 4. The third-order valence-electron chi connectivity index (χ3n) is 3.74. The standard InChI is InChI=1S/C12H20F3N3O2/c13-12(14,15)10(18-4-2-16-3-5-18)7-17-11(19)9-1-6-20-8-9/h9-10,16H,1-8H2,(H,17,19). The number of halogens is 3. The molecule has 116 valence electrons. The van der Waals surface area contributed by atoms with Gasteiger partial charge in [-0.15, -0.1) is 0 Å². The molecule has 20 heavy (non-hydrogen) atoms. The molecule has 0 aliphatic carbocycles. The normalized spacial score (nSPS) is 26.4. The molecule has 1 amide bonds. The summed E-state index contributed by atoms with van der Waals surface area (Å²) in [5.41, 5.74) is 0. The van der Waals surface area contributed by atoms with Crippen LogP contribution in [0.4, 0.5) is 13.2 Å². The van der Waals surface area contributed by atoms with E-state index in [2.05, 4.69) is 10.6 Å². The van der Waals surface area contributed by atoms with Crippen molar-refractivity contribution in [1.82, 2.24) is 15.5 Å². The molecule has 2 aliphatic rings. The maximum absolute atomic E-state index is 13.1. The van der Waals surface area contributed by atoms with Gasteiger partial charge in [0.1, 0.15) is 6.04 Å². The number of amides is 1. The van der Waals surface area contributed by atoms with Crippen LogP contribution in [0.3, 0.4) is 0 Å². The number of nitrogens with one attached hydrogen (secondary N) is 2. The molecule has 8 heteroatoms. The molecule has 0 bridgehead atoms. The summed E-state index contributed by atoms with van der Waals surface area (Å²) >= 11 is 0. The number of carbonyl (C=O) groups excluding carboxylic acids is 1. The molecule has 0 spiro atoms. The zero-order chi connectivity index (χ0) is 14.6. The second-order valence-corrected chi connectivity index (χ2v) is 5.15. The van der Waals surface area contributed by atoms with Crippen LogP contribution in [0.15, 0.2) is 0 Å². The quantitative estimate of drug-likeness (QED) is 0.765. The fourth-order valence-corrected chi connectivity index (χ4v) is 2.53. The van der Waals surface area contributed by atoms with Gasteiger partial charge in [-0.3, -0.25) is 9.69 Å². The van der Waals surface area contributed by atoms with Crippen molar-refractivity contribution in [3.05, 3.63) is 0 Å². The SMILES string of the molecule is O=C(NCC(N1CCNCC1)C(F)(F)F)C1CCOC1. The summed E-state index contributed by atoms with van der Waals surface area (Å²) in [5.74, 6) is -0.654. The van der Waals surface area contributed by atoms with Gasteiger partial charge in [-0.05, 0) is 6.42 Å². The van der Waals surface area contributed by atoms with Crippen LogP contribution in [-0.4, -0.2) is 69.0 Å². The highest BCUT2D eigenvalue weighted by Crippen LogP contribution is 2.25. The van der Waals surface area contributed by atoms with E-state index in [1.165, 1.54) is 4.90 Å². The van der Waals surface area contributed by atoms with Crippen LogP contribution in [-0.2, 0) is 9.53 Å². The van der Waals surface area contributed by atoms with Gasteiger partial charge in [0, 0.05) is 39.3 Å². The van der Waals surface area contributed by atoms with Gasteiger partial charge in [0.25, 0.3) is 0 Å². The average Bonchev–Trinajstić information content (AvgIpc) is 2.92. The molecule has 2 fully saturated rings. The van der Waals surface area contributed by atoms with Crippen LogP contribution >= 0.6 is 0 Å². The number of rotatable bonds is 4. The van der Waals surface area contributed by atoms with Crippen LogP contribution < -0.4 is 10.6 Å². The second kappa shape index (κ2) is 6.73. The summed E-state index contributed by atoms with van der Waals surface area (Å²) in [4.78, 5) is 13.1. The molecule has 2 rings (SSSR count). The molecule has 0 aromatic carbocycles. The Morgan fingerprint density at radius 3 is 2.65 bits per heavy atom. The van der Waals surface area contributed by atoms with Crippen LogP contribution in [0.25, 0.3) is 0 Å². The van der Waals surface area contributed by atoms with Gasteiger partial charge in [0.15, 0.2) is 0 Å². The van der Waals surface area contributed by atoms with Crippen LogP contribution in [0.5, 0.6) is 0 Å². The number of piperazine rings is 1. The Balaban J connectivity index is 1.88. The lowest BCUT2D eigenvalue weighted by molar-refractivity contribution is -0.184. The first-order valence-electron chi connectivity index (χ1n) is 6.85. The van der Waals surface area contributed by atoms with Crippen molar-refractivity contribution >= 4 is 5.91 Å². The highest BCUT2D eigenvalue weighted by molar-refractivity contribution is 5.79. The van der Waals surface area contributed by atoms with Crippen molar-refractivity contribution in [3.63, 3.8) is 0 Å².